The molecule has 0 bridgehead atoms. The van der Waals surface area contributed by atoms with Crippen LogP contribution in [0.2, 0.25) is 0 Å². The number of nitrogens with zero attached hydrogens (tertiary/aromatic N) is 2. The highest BCUT2D eigenvalue weighted by molar-refractivity contribution is 7.99. The standard InChI is InChI=1S/C12H8F2N2OS/c13-11(14)2-1-5-18-12-16-9-4-3-8(7-15)6-10(9)17-12/h2-4,6H,1,5H2. The van der Waals surface area contributed by atoms with Crippen LogP contribution < -0.4 is 0 Å². The van der Waals surface area contributed by atoms with E-state index in [4.69, 9.17) is 9.68 Å². The van der Waals surface area contributed by atoms with Gasteiger partial charge >= 0.3 is 0 Å². The van der Waals surface area contributed by atoms with Crippen molar-refractivity contribution in [3.8, 4) is 6.07 Å². The predicted octanol–water partition coefficient (Wildman–Crippen LogP) is 3.96. The zero-order chi connectivity index (χ0) is 13.0. The monoisotopic (exact) mass is 266 g/mol. The third-order valence-corrected chi connectivity index (χ3v) is 3.00. The van der Waals surface area contributed by atoms with E-state index in [1.165, 1.54) is 11.8 Å². The lowest BCUT2D eigenvalue weighted by Crippen LogP contribution is -1.77. The Labute approximate surface area is 106 Å². The Hall–Kier alpha value is -1.87. The van der Waals surface area contributed by atoms with Crippen molar-refractivity contribution in [2.24, 2.45) is 0 Å². The number of hydrogen-bond acceptors (Lipinski definition) is 4. The van der Waals surface area contributed by atoms with Gasteiger partial charge in [0.1, 0.15) is 5.52 Å². The third-order valence-electron chi connectivity index (χ3n) is 2.14. The van der Waals surface area contributed by atoms with Gasteiger partial charge in [0.25, 0.3) is 11.3 Å². The summed E-state index contributed by atoms with van der Waals surface area (Å²) >= 11 is 1.26. The molecule has 0 radical (unpaired) electrons. The van der Waals surface area contributed by atoms with Gasteiger partial charge in [-0.3, -0.25) is 0 Å². The van der Waals surface area contributed by atoms with Crippen LogP contribution in [0.15, 0.2) is 40.0 Å². The van der Waals surface area contributed by atoms with Crippen LogP contribution >= 0.6 is 11.8 Å². The van der Waals surface area contributed by atoms with Crippen LogP contribution in [0.3, 0.4) is 0 Å². The molecule has 0 saturated carbocycles. The van der Waals surface area contributed by atoms with Crippen LogP contribution in [0.5, 0.6) is 0 Å². The Kier molecular flexibility index (Phi) is 3.95. The molecule has 1 aromatic carbocycles. The topological polar surface area (TPSA) is 49.8 Å². The van der Waals surface area contributed by atoms with Crippen molar-refractivity contribution in [3.63, 3.8) is 0 Å². The highest BCUT2D eigenvalue weighted by atomic mass is 32.2. The van der Waals surface area contributed by atoms with E-state index < -0.39 is 6.08 Å². The number of nitriles is 1. The second kappa shape index (κ2) is 5.65. The van der Waals surface area contributed by atoms with Gasteiger partial charge in [-0.2, -0.15) is 14.0 Å². The summed E-state index contributed by atoms with van der Waals surface area (Å²) in [5.41, 5.74) is 1.69. The largest absolute Gasteiger partial charge is 0.431 e. The molecule has 6 heteroatoms. The predicted molar refractivity (Wildman–Crippen MR) is 64.4 cm³/mol. The molecule has 0 unspecified atom stereocenters. The van der Waals surface area contributed by atoms with Crippen molar-refractivity contribution in [2.45, 2.75) is 11.6 Å². The van der Waals surface area contributed by atoms with Gasteiger partial charge in [-0.15, -0.1) is 0 Å². The van der Waals surface area contributed by atoms with Crippen LogP contribution in [0, 0.1) is 11.3 Å². The molecule has 18 heavy (non-hydrogen) atoms. The van der Waals surface area contributed by atoms with Gasteiger partial charge in [0.15, 0.2) is 5.58 Å². The zero-order valence-electron chi connectivity index (χ0n) is 9.19. The minimum absolute atomic E-state index is 0.259. The van der Waals surface area contributed by atoms with Gasteiger partial charge in [0, 0.05) is 11.8 Å². The number of allylic oxidation sites excluding steroid dienone is 1. The molecule has 0 aliphatic rings. The van der Waals surface area contributed by atoms with Crippen molar-refractivity contribution in [1.29, 1.82) is 5.26 Å². The molecule has 0 aliphatic heterocycles. The fraction of sp³-hybridized carbons (Fsp3) is 0.167. The van der Waals surface area contributed by atoms with E-state index in [0.29, 0.717) is 27.6 Å². The van der Waals surface area contributed by atoms with Crippen LogP contribution in [-0.2, 0) is 0 Å². The first-order valence-corrected chi connectivity index (χ1v) is 6.12. The fourth-order valence-corrected chi connectivity index (χ4v) is 2.07. The van der Waals surface area contributed by atoms with Gasteiger partial charge in [0.05, 0.1) is 11.6 Å². The Morgan fingerprint density at radius 1 is 1.50 bits per heavy atom. The first-order chi connectivity index (χ1) is 8.69. The summed E-state index contributed by atoms with van der Waals surface area (Å²) in [6.07, 6.45) is -0.551. The number of aromatic nitrogens is 1. The maximum Gasteiger partial charge on any atom is 0.266 e. The molecule has 3 nitrogen and oxygen atoms in total. The molecule has 0 atom stereocenters. The second-order valence-corrected chi connectivity index (χ2v) is 4.45. The van der Waals surface area contributed by atoms with Crippen molar-refractivity contribution in [2.75, 3.05) is 5.75 Å². The molecule has 0 saturated heterocycles. The molecule has 0 N–H and O–H groups in total. The van der Waals surface area contributed by atoms with Crippen LogP contribution in [0.4, 0.5) is 8.78 Å². The molecule has 92 valence electrons. The molecule has 0 aliphatic carbocycles. The Balaban J connectivity index is 2.06. The molecule has 0 amide bonds. The number of thioether (sulfide) groups is 1. The molecular formula is C12H8F2N2OS. The van der Waals surface area contributed by atoms with Crippen molar-refractivity contribution in [1.82, 2.24) is 4.98 Å². The minimum atomic E-state index is -1.67. The van der Waals surface area contributed by atoms with Crippen molar-refractivity contribution < 1.29 is 13.2 Å². The quantitative estimate of drug-likeness (QED) is 0.620. The summed E-state index contributed by atoms with van der Waals surface area (Å²) in [4.78, 5) is 4.18. The molecule has 2 rings (SSSR count). The molecule has 0 spiro atoms. The number of rotatable bonds is 4. The maximum atomic E-state index is 11.8. The number of hydrogen-bond donors (Lipinski definition) is 0. The maximum absolute atomic E-state index is 11.8. The van der Waals surface area contributed by atoms with Gasteiger partial charge < -0.3 is 4.42 Å². The summed E-state index contributed by atoms with van der Waals surface area (Å²) < 4.78 is 29.0. The lowest BCUT2D eigenvalue weighted by atomic mass is 10.2. The Morgan fingerprint density at radius 3 is 3.06 bits per heavy atom. The van der Waals surface area contributed by atoms with Gasteiger partial charge in [-0.05, 0) is 24.6 Å². The number of halogens is 2. The van der Waals surface area contributed by atoms with E-state index >= 15 is 0 Å². The first-order valence-electron chi connectivity index (χ1n) is 5.13. The van der Waals surface area contributed by atoms with Gasteiger partial charge in [-0.1, -0.05) is 11.8 Å². The van der Waals surface area contributed by atoms with Crippen LogP contribution in [0.1, 0.15) is 12.0 Å². The summed E-state index contributed by atoms with van der Waals surface area (Å²) in [5, 5.41) is 9.16. The average molecular weight is 266 g/mol. The Bertz CT molecular complexity index is 627. The third kappa shape index (κ3) is 3.08. The summed E-state index contributed by atoms with van der Waals surface area (Å²) in [6, 6.07) is 6.96. The zero-order valence-corrected chi connectivity index (χ0v) is 10.0. The van der Waals surface area contributed by atoms with Gasteiger partial charge in [0.2, 0.25) is 0 Å². The van der Waals surface area contributed by atoms with Crippen molar-refractivity contribution in [3.05, 3.63) is 35.9 Å². The van der Waals surface area contributed by atoms with E-state index in [1.807, 2.05) is 6.07 Å². The fourth-order valence-electron chi connectivity index (χ4n) is 1.35. The highest BCUT2D eigenvalue weighted by Gasteiger charge is 2.06. The average Bonchev–Trinajstić information content (AvgIpc) is 2.75. The van der Waals surface area contributed by atoms with E-state index in [9.17, 15) is 8.78 Å². The van der Waals surface area contributed by atoms with Crippen LogP contribution in [-0.4, -0.2) is 10.7 Å². The minimum Gasteiger partial charge on any atom is -0.431 e. The highest BCUT2D eigenvalue weighted by Crippen LogP contribution is 2.24. The van der Waals surface area contributed by atoms with E-state index in [1.54, 1.807) is 18.2 Å². The summed E-state index contributed by atoms with van der Waals surface area (Å²) in [7, 11) is 0. The van der Waals surface area contributed by atoms with E-state index in [0.717, 1.165) is 6.08 Å². The molecule has 1 heterocycles. The van der Waals surface area contributed by atoms with E-state index in [-0.39, 0.29) is 6.42 Å². The Morgan fingerprint density at radius 2 is 2.33 bits per heavy atom. The lowest BCUT2D eigenvalue weighted by Gasteiger charge is -1.90. The first kappa shape index (κ1) is 12.6. The van der Waals surface area contributed by atoms with Crippen molar-refractivity contribution >= 4 is 22.9 Å². The SMILES string of the molecule is N#Cc1ccc2nc(SCCC=C(F)F)oc2c1. The van der Waals surface area contributed by atoms with Crippen LogP contribution in [0.25, 0.3) is 11.1 Å². The lowest BCUT2D eigenvalue weighted by molar-refractivity contribution is 0.418. The van der Waals surface area contributed by atoms with Gasteiger partial charge in [-0.25, -0.2) is 4.98 Å². The van der Waals surface area contributed by atoms with E-state index in [2.05, 4.69) is 4.98 Å². The molecule has 0 fully saturated rings. The summed E-state index contributed by atoms with van der Waals surface area (Å²) in [6.45, 7) is 0. The molecular weight excluding hydrogens is 258 g/mol. The summed E-state index contributed by atoms with van der Waals surface area (Å²) in [5.74, 6) is 0.468. The second-order valence-electron chi connectivity index (χ2n) is 3.40. The number of benzene rings is 1. The number of oxazole rings is 1. The molecule has 1 aromatic heterocycles. The normalized spacial score (nSPS) is 10.3. The molecule has 2 aromatic rings. The number of fused-ring (bicyclic) bond motifs is 1. The smallest absolute Gasteiger partial charge is 0.266 e.